The van der Waals surface area contributed by atoms with Crippen molar-refractivity contribution in [3.8, 4) is 0 Å². The van der Waals surface area contributed by atoms with Gasteiger partial charge in [-0.05, 0) is 36.5 Å². The van der Waals surface area contributed by atoms with Gasteiger partial charge in [0.2, 0.25) is 4.77 Å². The fourth-order valence-electron chi connectivity index (χ4n) is 2.91. The maximum Gasteiger partial charge on any atom is 0.203 e. The van der Waals surface area contributed by atoms with Crippen molar-refractivity contribution in [3.05, 3.63) is 53.6 Å². The Morgan fingerprint density at radius 1 is 1.00 bits per heavy atom. The summed E-state index contributed by atoms with van der Waals surface area (Å²) in [5.74, 6) is 1.05. The molecule has 0 N–H and O–H groups in total. The van der Waals surface area contributed by atoms with E-state index in [1.54, 1.807) is 0 Å². The van der Waals surface area contributed by atoms with Crippen LogP contribution < -0.4 is 4.90 Å². The van der Waals surface area contributed by atoms with Crippen LogP contribution >= 0.6 is 12.2 Å². The summed E-state index contributed by atoms with van der Waals surface area (Å²) in [5.41, 5.74) is 0.893. The predicted octanol–water partition coefficient (Wildman–Crippen LogP) is 2.04. The average Bonchev–Trinajstić information content (AvgIpc) is 2.93. The fraction of sp³-hybridized carbons (Fsp3) is 0.312. The average molecular weight is 326 g/mol. The number of fused-ring (bicyclic) bond motifs is 1. The minimum absolute atomic E-state index is 0.733. The Balaban J connectivity index is 1.45. The summed E-state index contributed by atoms with van der Waals surface area (Å²) in [6.45, 7) is 4.63. The van der Waals surface area contributed by atoms with Gasteiger partial charge in [0, 0.05) is 38.6 Å². The second-order valence-corrected chi connectivity index (χ2v) is 6.01. The predicted molar refractivity (Wildman–Crippen MR) is 92.0 cm³/mol. The molecule has 6 nitrogen and oxygen atoms in total. The van der Waals surface area contributed by atoms with Gasteiger partial charge in [-0.15, -0.1) is 0 Å². The van der Waals surface area contributed by atoms with Gasteiger partial charge in [0.1, 0.15) is 5.82 Å². The Labute approximate surface area is 139 Å². The summed E-state index contributed by atoms with van der Waals surface area (Å²) < 4.78 is 4.59. The number of hydrogen-bond acceptors (Lipinski definition) is 5. The standard InChI is InChI=1S/C16H18N6S/c23-16-21-8-4-2-6-15(21)18-22(16)13-19-9-11-20(12-10-19)14-5-1-3-7-17-14/h1-8H,9-13H2. The zero-order valence-electron chi connectivity index (χ0n) is 12.7. The summed E-state index contributed by atoms with van der Waals surface area (Å²) in [6.07, 6.45) is 3.80. The van der Waals surface area contributed by atoms with E-state index in [2.05, 4.69) is 25.9 Å². The molecule has 1 aliphatic rings. The van der Waals surface area contributed by atoms with E-state index >= 15 is 0 Å². The van der Waals surface area contributed by atoms with Crippen LogP contribution in [0.1, 0.15) is 0 Å². The molecule has 0 unspecified atom stereocenters. The third kappa shape index (κ3) is 2.85. The van der Waals surface area contributed by atoms with Gasteiger partial charge in [-0.2, -0.15) is 5.10 Å². The number of pyridine rings is 2. The van der Waals surface area contributed by atoms with E-state index < -0.39 is 0 Å². The minimum Gasteiger partial charge on any atom is -0.354 e. The Morgan fingerprint density at radius 3 is 2.57 bits per heavy atom. The van der Waals surface area contributed by atoms with Crippen LogP contribution in [0.4, 0.5) is 5.82 Å². The van der Waals surface area contributed by atoms with Crippen LogP contribution in [0, 0.1) is 4.77 Å². The van der Waals surface area contributed by atoms with Crippen LogP contribution in [0.15, 0.2) is 48.8 Å². The zero-order valence-corrected chi connectivity index (χ0v) is 13.6. The Hall–Kier alpha value is -2.25. The van der Waals surface area contributed by atoms with E-state index in [0.29, 0.717) is 0 Å². The van der Waals surface area contributed by atoms with Crippen molar-refractivity contribution in [2.24, 2.45) is 0 Å². The van der Waals surface area contributed by atoms with Gasteiger partial charge in [-0.3, -0.25) is 9.30 Å². The van der Waals surface area contributed by atoms with Crippen molar-refractivity contribution in [3.63, 3.8) is 0 Å². The number of hydrogen-bond donors (Lipinski definition) is 0. The van der Waals surface area contributed by atoms with Crippen LogP contribution in [0.5, 0.6) is 0 Å². The van der Waals surface area contributed by atoms with Crippen LogP contribution in [-0.4, -0.2) is 50.2 Å². The van der Waals surface area contributed by atoms with Gasteiger partial charge in [-0.25, -0.2) is 9.67 Å². The fourth-order valence-corrected chi connectivity index (χ4v) is 3.16. The minimum atomic E-state index is 0.733. The van der Waals surface area contributed by atoms with Gasteiger partial charge in [0.05, 0.1) is 6.67 Å². The molecule has 0 amide bonds. The molecule has 23 heavy (non-hydrogen) atoms. The lowest BCUT2D eigenvalue weighted by Gasteiger charge is -2.35. The lowest BCUT2D eigenvalue weighted by Crippen LogP contribution is -2.47. The van der Waals surface area contributed by atoms with E-state index in [1.165, 1.54) is 0 Å². The highest BCUT2D eigenvalue weighted by Gasteiger charge is 2.18. The Bertz CT molecular complexity index is 848. The zero-order chi connectivity index (χ0) is 15.6. The molecule has 0 saturated carbocycles. The molecule has 1 saturated heterocycles. The number of rotatable bonds is 3. The number of aromatic nitrogens is 4. The summed E-state index contributed by atoms with van der Waals surface area (Å²) in [6, 6.07) is 12.0. The molecule has 118 valence electrons. The molecule has 0 atom stereocenters. The maximum atomic E-state index is 5.51. The van der Waals surface area contributed by atoms with Crippen molar-refractivity contribution in [2.45, 2.75) is 6.67 Å². The van der Waals surface area contributed by atoms with Crippen molar-refractivity contribution < 1.29 is 0 Å². The third-order valence-corrected chi connectivity index (χ3v) is 4.58. The van der Waals surface area contributed by atoms with E-state index in [4.69, 9.17) is 12.2 Å². The molecule has 7 heteroatoms. The first-order valence-electron chi connectivity index (χ1n) is 7.74. The monoisotopic (exact) mass is 326 g/mol. The van der Waals surface area contributed by atoms with Gasteiger partial charge >= 0.3 is 0 Å². The summed E-state index contributed by atoms with van der Waals surface area (Å²) in [4.78, 5) is 9.12. The Morgan fingerprint density at radius 2 is 1.83 bits per heavy atom. The highest BCUT2D eigenvalue weighted by Crippen LogP contribution is 2.13. The van der Waals surface area contributed by atoms with E-state index in [-0.39, 0.29) is 0 Å². The molecule has 3 aromatic rings. The summed E-state index contributed by atoms with van der Waals surface area (Å²) in [5, 5.41) is 4.59. The molecule has 0 radical (unpaired) electrons. The molecule has 4 rings (SSSR count). The van der Waals surface area contributed by atoms with Crippen molar-refractivity contribution in [1.82, 2.24) is 24.1 Å². The van der Waals surface area contributed by atoms with E-state index in [9.17, 15) is 0 Å². The number of piperazine rings is 1. The molecule has 3 aromatic heterocycles. The highest BCUT2D eigenvalue weighted by molar-refractivity contribution is 7.71. The quantitative estimate of drug-likeness (QED) is 0.689. The molecule has 1 aliphatic heterocycles. The molecule has 0 aliphatic carbocycles. The normalized spacial score (nSPS) is 16.1. The van der Waals surface area contributed by atoms with Crippen molar-refractivity contribution in [1.29, 1.82) is 0 Å². The molecule has 0 aromatic carbocycles. The first-order chi connectivity index (χ1) is 11.3. The van der Waals surface area contributed by atoms with Crippen molar-refractivity contribution >= 4 is 23.7 Å². The highest BCUT2D eigenvalue weighted by atomic mass is 32.1. The van der Waals surface area contributed by atoms with Crippen LogP contribution in [0.25, 0.3) is 5.65 Å². The third-order valence-electron chi connectivity index (χ3n) is 4.17. The van der Waals surface area contributed by atoms with Crippen molar-refractivity contribution in [2.75, 3.05) is 31.1 Å². The van der Waals surface area contributed by atoms with E-state index in [1.807, 2.05) is 51.8 Å². The molecule has 0 bridgehead atoms. The smallest absolute Gasteiger partial charge is 0.203 e. The number of anilines is 1. The topological polar surface area (TPSA) is 41.6 Å². The van der Waals surface area contributed by atoms with Crippen LogP contribution in [0.3, 0.4) is 0 Å². The molecule has 0 spiro atoms. The molecule has 4 heterocycles. The second-order valence-electron chi connectivity index (χ2n) is 5.65. The summed E-state index contributed by atoms with van der Waals surface area (Å²) in [7, 11) is 0. The molecular weight excluding hydrogens is 308 g/mol. The Kier molecular flexibility index (Phi) is 3.80. The van der Waals surface area contributed by atoms with Crippen LogP contribution in [0.2, 0.25) is 0 Å². The lowest BCUT2D eigenvalue weighted by molar-refractivity contribution is 0.194. The largest absolute Gasteiger partial charge is 0.354 e. The lowest BCUT2D eigenvalue weighted by atomic mass is 10.3. The van der Waals surface area contributed by atoms with Gasteiger partial charge in [0.25, 0.3) is 0 Å². The van der Waals surface area contributed by atoms with E-state index in [0.717, 1.165) is 49.1 Å². The van der Waals surface area contributed by atoms with Gasteiger partial charge in [0.15, 0.2) is 5.65 Å². The molecule has 1 fully saturated rings. The SMILES string of the molecule is S=c1n(CN2CCN(c3ccccn3)CC2)nc2ccccn12. The molecular formula is C16H18N6S. The van der Waals surface area contributed by atoms with Gasteiger partial charge < -0.3 is 4.90 Å². The first kappa shape index (κ1) is 14.3. The maximum absolute atomic E-state index is 5.51. The summed E-state index contributed by atoms with van der Waals surface area (Å²) >= 11 is 5.51. The first-order valence-corrected chi connectivity index (χ1v) is 8.15. The second kappa shape index (κ2) is 6.10. The van der Waals surface area contributed by atoms with Crippen LogP contribution in [-0.2, 0) is 6.67 Å². The number of nitrogens with zero attached hydrogens (tertiary/aromatic N) is 6. The van der Waals surface area contributed by atoms with Gasteiger partial charge in [-0.1, -0.05) is 12.1 Å².